The monoisotopic (exact) mass is 268 g/mol. The van der Waals surface area contributed by atoms with Gasteiger partial charge in [0, 0.05) is 0 Å². The number of barbiturate groups is 1. The number of imide groups is 2. The lowest BCUT2D eigenvalue weighted by atomic mass is 9.91. The molecule has 5 heteroatoms. The second-order valence-electron chi connectivity index (χ2n) is 5.87. The molecule has 0 saturated carbocycles. The standard InChI is InChI=1S/C14H24N2O3/c1-9(2)5-4-6-10(3)7-8-11-12(17)15-14(19)16-13(11)18/h9-11H,4-8H2,1-3H3,(H2,15,16,17,18,19). The van der Waals surface area contributed by atoms with Gasteiger partial charge in [-0.2, -0.15) is 0 Å². The van der Waals surface area contributed by atoms with E-state index in [0.717, 1.165) is 12.8 Å². The summed E-state index contributed by atoms with van der Waals surface area (Å²) < 4.78 is 0. The van der Waals surface area contributed by atoms with Gasteiger partial charge < -0.3 is 0 Å². The van der Waals surface area contributed by atoms with E-state index in [1.165, 1.54) is 12.8 Å². The summed E-state index contributed by atoms with van der Waals surface area (Å²) in [5.74, 6) is -0.443. The molecule has 5 nitrogen and oxygen atoms in total. The minimum absolute atomic E-state index is 0.469. The van der Waals surface area contributed by atoms with Crippen LogP contribution in [0.3, 0.4) is 0 Å². The lowest BCUT2D eigenvalue weighted by molar-refractivity contribution is -0.136. The average Bonchev–Trinajstić information content (AvgIpc) is 2.26. The number of rotatable bonds is 7. The molecule has 1 heterocycles. The fourth-order valence-electron chi connectivity index (χ4n) is 2.28. The first kappa shape index (κ1) is 15.7. The van der Waals surface area contributed by atoms with Crippen LogP contribution in [0, 0.1) is 17.8 Å². The second kappa shape index (κ2) is 7.26. The molecule has 0 spiro atoms. The lowest BCUT2D eigenvalue weighted by Crippen LogP contribution is -2.55. The molecule has 0 aromatic carbocycles. The van der Waals surface area contributed by atoms with Gasteiger partial charge in [0.25, 0.3) is 0 Å². The van der Waals surface area contributed by atoms with Gasteiger partial charge in [0.2, 0.25) is 11.8 Å². The third-order valence-corrected chi connectivity index (χ3v) is 3.53. The Bertz CT molecular complexity index is 333. The van der Waals surface area contributed by atoms with Crippen molar-refractivity contribution in [3.63, 3.8) is 0 Å². The minimum Gasteiger partial charge on any atom is -0.277 e. The van der Waals surface area contributed by atoms with Crippen LogP contribution in [-0.4, -0.2) is 17.8 Å². The quantitative estimate of drug-likeness (QED) is 0.695. The maximum Gasteiger partial charge on any atom is 0.328 e. The van der Waals surface area contributed by atoms with Crippen LogP contribution in [-0.2, 0) is 9.59 Å². The van der Waals surface area contributed by atoms with Crippen molar-refractivity contribution in [3.8, 4) is 0 Å². The number of carbonyl (C=O) groups excluding carboxylic acids is 3. The normalized spacial score (nSPS) is 18.4. The number of carbonyl (C=O) groups is 3. The molecule has 108 valence electrons. The average molecular weight is 268 g/mol. The van der Waals surface area contributed by atoms with E-state index in [9.17, 15) is 14.4 Å². The number of urea groups is 1. The first-order chi connectivity index (χ1) is 8.90. The van der Waals surface area contributed by atoms with Crippen molar-refractivity contribution in [2.75, 3.05) is 0 Å². The molecule has 1 rings (SSSR count). The maximum atomic E-state index is 11.5. The van der Waals surface area contributed by atoms with E-state index in [4.69, 9.17) is 0 Å². The lowest BCUT2D eigenvalue weighted by Gasteiger charge is -2.21. The van der Waals surface area contributed by atoms with Crippen LogP contribution in [0.5, 0.6) is 0 Å². The van der Waals surface area contributed by atoms with Gasteiger partial charge in [-0.15, -0.1) is 0 Å². The summed E-state index contributed by atoms with van der Waals surface area (Å²) >= 11 is 0. The molecule has 0 aromatic rings. The highest BCUT2D eigenvalue weighted by atomic mass is 16.2. The number of hydrogen-bond acceptors (Lipinski definition) is 3. The molecule has 0 bridgehead atoms. The van der Waals surface area contributed by atoms with Crippen molar-refractivity contribution in [1.82, 2.24) is 10.6 Å². The molecule has 4 amide bonds. The predicted octanol–water partition coefficient (Wildman–Crippen LogP) is 2.21. The third kappa shape index (κ3) is 5.41. The Morgan fingerprint density at radius 3 is 2.05 bits per heavy atom. The second-order valence-corrected chi connectivity index (χ2v) is 5.87. The molecule has 0 radical (unpaired) electrons. The first-order valence-corrected chi connectivity index (χ1v) is 7.05. The van der Waals surface area contributed by atoms with Gasteiger partial charge in [-0.05, 0) is 24.7 Å². The number of hydrogen-bond donors (Lipinski definition) is 2. The van der Waals surface area contributed by atoms with Crippen LogP contribution in [0.25, 0.3) is 0 Å². The Labute approximate surface area is 114 Å². The highest BCUT2D eigenvalue weighted by Gasteiger charge is 2.33. The van der Waals surface area contributed by atoms with E-state index in [1.54, 1.807) is 0 Å². The van der Waals surface area contributed by atoms with Crippen LogP contribution in [0.1, 0.15) is 52.9 Å². The Morgan fingerprint density at radius 1 is 0.947 bits per heavy atom. The van der Waals surface area contributed by atoms with Crippen molar-refractivity contribution in [1.29, 1.82) is 0 Å². The van der Waals surface area contributed by atoms with Crippen molar-refractivity contribution >= 4 is 17.8 Å². The first-order valence-electron chi connectivity index (χ1n) is 7.05. The highest BCUT2D eigenvalue weighted by molar-refractivity contribution is 6.16. The van der Waals surface area contributed by atoms with Crippen LogP contribution in [0.2, 0.25) is 0 Å². The molecule has 1 atom stereocenters. The summed E-state index contributed by atoms with van der Waals surface area (Å²) in [4.78, 5) is 34.0. The van der Waals surface area contributed by atoms with E-state index in [2.05, 4.69) is 31.4 Å². The summed E-state index contributed by atoms with van der Waals surface area (Å²) in [6, 6.07) is -0.712. The Morgan fingerprint density at radius 2 is 1.53 bits per heavy atom. The Balaban J connectivity index is 2.29. The summed E-state index contributed by atoms with van der Waals surface area (Å²) in [7, 11) is 0. The molecular formula is C14H24N2O3. The Kier molecular flexibility index (Phi) is 5.99. The van der Waals surface area contributed by atoms with Gasteiger partial charge in [-0.1, -0.05) is 40.0 Å². The van der Waals surface area contributed by atoms with E-state index in [-0.39, 0.29) is 0 Å². The molecule has 0 aliphatic carbocycles. The van der Waals surface area contributed by atoms with E-state index < -0.39 is 23.8 Å². The van der Waals surface area contributed by atoms with Crippen LogP contribution < -0.4 is 10.6 Å². The Hall–Kier alpha value is -1.39. The number of amides is 4. The fourth-order valence-corrected chi connectivity index (χ4v) is 2.28. The summed E-state index contributed by atoms with van der Waals surface area (Å²) in [6.45, 7) is 6.56. The molecule has 1 aliphatic rings. The van der Waals surface area contributed by atoms with E-state index in [1.807, 2.05) is 0 Å². The molecule has 1 saturated heterocycles. The van der Waals surface area contributed by atoms with Gasteiger partial charge in [0.15, 0.2) is 0 Å². The summed E-state index contributed by atoms with van der Waals surface area (Å²) in [5, 5.41) is 4.26. The zero-order valence-corrected chi connectivity index (χ0v) is 12.0. The van der Waals surface area contributed by atoms with Crippen molar-refractivity contribution in [2.45, 2.75) is 52.9 Å². The van der Waals surface area contributed by atoms with Crippen LogP contribution in [0.15, 0.2) is 0 Å². The van der Waals surface area contributed by atoms with Gasteiger partial charge in [-0.25, -0.2) is 4.79 Å². The third-order valence-electron chi connectivity index (χ3n) is 3.53. The molecular weight excluding hydrogens is 244 g/mol. The van der Waals surface area contributed by atoms with E-state index >= 15 is 0 Å². The summed E-state index contributed by atoms with van der Waals surface area (Å²) in [6.07, 6.45) is 4.85. The van der Waals surface area contributed by atoms with Crippen molar-refractivity contribution in [3.05, 3.63) is 0 Å². The topological polar surface area (TPSA) is 75.3 Å². The van der Waals surface area contributed by atoms with Crippen LogP contribution in [0.4, 0.5) is 4.79 Å². The summed E-state index contributed by atoms with van der Waals surface area (Å²) in [5.41, 5.74) is 0. The van der Waals surface area contributed by atoms with Gasteiger partial charge in [0.05, 0.1) is 0 Å². The zero-order chi connectivity index (χ0) is 14.4. The minimum atomic E-state index is -0.717. The molecule has 2 N–H and O–H groups in total. The van der Waals surface area contributed by atoms with E-state index in [0.29, 0.717) is 18.3 Å². The molecule has 1 aliphatic heterocycles. The van der Waals surface area contributed by atoms with Crippen molar-refractivity contribution < 1.29 is 14.4 Å². The molecule has 1 fully saturated rings. The maximum absolute atomic E-state index is 11.5. The fraction of sp³-hybridized carbons (Fsp3) is 0.786. The molecule has 1 unspecified atom stereocenters. The predicted molar refractivity (Wildman–Crippen MR) is 72.3 cm³/mol. The molecule has 19 heavy (non-hydrogen) atoms. The smallest absolute Gasteiger partial charge is 0.277 e. The van der Waals surface area contributed by atoms with Gasteiger partial charge in [0.1, 0.15) is 5.92 Å². The molecule has 0 aromatic heterocycles. The SMILES string of the molecule is CC(C)CCCC(C)CCC1C(=O)NC(=O)NC1=O. The van der Waals surface area contributed by atoms with Gasteiger partial charge in [-0.3, -0.25) is 20.2 Å². The highest BCUT2D eigenvalue weighted by Crippen LogP contribution is 2.20. The largest absolute Gasteiger partial charge is 0.328 e. The van der Waals surface area contributed by atoms with Gasteiger partial charge >= 0.3 is 6.03 Å². The van der Waals surface area contributed by atoms with Crippen molar-refractivity contribution in [2.24, 2.45) is 17.8 Å². The van der Waals surface area contributed by atoms with Crippen LogP contribution >= 0.6 is 0 Å². The number of nitrogens with one attached hydrogen (secondary N) is 2. The zero-order valence-electron chi connectivity index (χ0n) is 12.0.